The maximum absolute atomic E-state index is 13.6. The smallest absolute Gasteiger partial charge is 0.335 e. The van der Waals surface area contributed by atoms with Crippen LogP contribution in [0.15, 0.2) is 18.2 Å². The van der Waals surface area contributed by atoms with Crippen LogP contribution in [0, 0.1) is 11.2 Å². The number of amides is 1. The van der Waals surface area contributed by atoms with Crippen LogP contribution in [-0.4, -0.2) is 23.0 Å². The first-order valence-corrected chi connectivity index (χ1v) is 5.72. The molecule has 4 N–H and O–H groups in total. The SMILES string of the molecule is CC(C)(C)C(N)C(=O)Nc1ccc(C(=O)O)cc1F. The largest absolute Gasteiger partial charge is 0.478 e. The van der Waals surface area contributed by atoms with Gasteiger partial charge in [-0.25, -0.2) is 9.18 Å². The third kappa shape index (κ3) is 3.75. The maximum atomic E-state index is 13.6. The monoisotopic (exact) mass is 268 g/mol. The first kappa shape index (κ1) is 15.1. The lowest BCUT2D eigenvalue weighted by Crippen LogP contribution is -2.45. The number of rotatable bonds is 3. The number of aromatic carboxylic acids is 1. The van der Waals surface area contributed by atoms with Gasteiger partial charge >= 0.3 is 5.97 Å². The number of hydrogen-bond donors (Lipinski definition) is 3. The van der Waals surface area contributed by atoms with E-state index in [1.807, 2.05) is 0 Å². The highest BCUT2D eigenvalue weighted by Gasteiger charge is 2.28. The van der Waals surface area contributed by atoms with Crippen molar-refractivity contribution in [2.75, 3.05) is 5.32 Å². The summed E-state index contributed by atoms with van der Waals surface area (Å²) in [4.78, 5) is 22.5. The molecule has 0 fully saturated rings. The van der Waals surface area contributed by atoms with E-state index >= 15 is 0 Å². The molecule has 0 aliphatic carbocycles. The van der Waals surface area contributed by atoms with E-state index in [-0.39, 0.29) is 11.3 Å². The highest BCUT2D eigenvalue weighted by Crippen LogP contribution is 2.20. The van der Waals surface area contributed by atoms with E-state index in [1.54, 1.807) is 20.8 Å². The molecule has 0 saturated carbocycles. The van der Waals surface area contributed by atoms with E-state index in [0.29, 0.717) is 0 Å². The molecule has 5 nitrogen and oxygen atoms in total. The molecule has 0 aromatic heterocycles. The third-order valence-corrected chi connectivity index (χ3v) is 2.69. The topological polar surface area (TPSA) is 92.4 Å². The van der Waals surface area contributed by atoms with E-state index in [1.165, 1.54) is 12.1 Å². The van der Waals surface area contributed by atoms with Gasteiger partial charge in [-0.1, -0.05) is 20.8 Å². The molecule has 19 heavy (non-hydrogen) atoms. The molecule has 0 saturated heterocycles. The summed E-state index contributed by atoms with van der Waals surface area (Å²) in [7, 11) is 0. The molecule has 1 rings (SSSR count). The Kier molecular flexibility index (Phi) is 4.26. The van der Waals surface area contributed by atoms with E-state index in [9.17, 15) is 14.0 Å². The van der Waals surface area contributed by atoms with Crippen molar-refractivity contribution < 1.29 is 19.1 Å². The summed E-state index contributed by atoms with van der Waals surface area (Å²) in [6.45, 7) is 5.38. The molecule has 6 heteroatoms. The summed E-state index contributed by atoms with van der Waals surface area (Å²) in [5.41, 5.74) is 5.01. The second-order valence-corrected chi connectivity index (χ2v) is 5.33. The van der Waals surface area contributed by atoms with Crippen LogP contribution in [-0.2, 0) is 4.79 Å². The van der Waals surface area contributed by atoms with Crippen LogP contribution in [0.3, 0.4) is 0 Å². The summed E-state index contributed by atoms with van der Waals surface area (Å²) < 4.78 is 13.6. The fourth-order valence-corrected chi connectivity index (χ4v) is 1.35. The second kappa shape index (κ2) is 5.36. The number of anilines is 1. The molecule has 1 aromatic carbocycles. The molecule has 1 aromatic rings. The van der Waals surface area contributed by atoms with Crippen LogP contribution < -0.4 is 11.1 Å². The number of benzene rings is 1. The maximum Gasteiger partial charge on any atom is 0.335 e. The summed E-state index contributed by atoms with van der Waals surface area (Å²) in [6.07, 6.45) is 0. The van der Waals surface area contributed by atoms with Crippen molar-refractivity contribution in [3.8, 4) is 0 Å². The number of carbonyl (C=O) groups excluding carboxylic acids is 1. The quantitative estimate of drug-likeness (QED) is 0.779. The number of hydrogen-bond acceptors (Lipinski definition) is 3. The van der Waals surface area contributed by atoms with E-state index in [0.717, 1.165) is 6.07 Å². The van der Waals surface area contributed by atoms with Crippen molar-refractivity contribution in [1.82, 2.24) is 0 Å². The van der Waals surface area contributed by atoms with Crippen LogP contribution >= 0.6 is 0 Å². The van der Waals surface area contributed by atoms with Gasteiger partial charge in [0.15, 0.2) is 0 Å². The second-order valence-electron chi connectivity index (χ2n) is 5.33. The minimum Gasteiger partial charge on any atom is -0.478 e. The predicted octanol–water partition coefficient (Wildman–Crippen LogP) is 1.84. The van der Waals surface area contributed by atoms with E-state index in [4.69, 9.17) is 10.8 Å². The Morgan fingerprint density at radius 3 is 2.37 bits per heavy atom. The van der Waals surface area contributed by atoms with Gasteiger partial charge in [0.2, 0.25) is 5.91 Å². The number of carbonyl (C=O) groups is 2. The fraction of sp³-hybridized carbons (Fsp3) is 0.385. The number of nitrogens with two attached hydrogens (primary N) is 1. The molecule has 104 valence electrons. The molecule has 1 atom stereocenters. The van der Waals surface area contributed by atoms with Gasteiger partial charge < -0.3 is 16.2 Å². The number of nitrogens with one attached hydrogen (secondary N) is 1. The van der Waals surface area contributed by atoms with Crippen LogP contribution in [0.4, 0.5) is 10.1 Å². The lowest BCUT2D eigenvalue weighted by atomic mass is 9.87. The van der Waals surface area contributed by atoms with Gasteiger partial charge in [-0.2, -0.15) is 0 Å². The minimum absolute atomic E-state index is 0.0882. The molecule has 0 aliphatic heterocycles. The Bertz CT molecular complexity index is 509. The Morgan fingerprint density at radius 2 is 1.95 bits per heavy atom. The molecule has 0 radical (unpaired) electrons. The van der Waals surface area contributed by atoms with E-state index < -0.39 is 29.2 Å². The highest BCUT2D eigenvalue weighted by molar-refractivity contribution is 5.96. The standard InChI is InChI=1S/C13H17FN2O3/c1-13(2,3)10(15)11(17)16-9-5-4-7(12(18)19)6-8(9)14/h4-6,10H,15H2,1-3H3,(H,16,17)(H,18,19). The number of carboxylic acid groups (broad SMARTS) is 1. The molecule has 0 aliphatic rings. The van der Waals surface area contributed by atoms with Crippen LogP contribution in [0.1, 0.15) is 31.1 Å². The molecule has 0 spiro atoms. The summed E-state index contributed by atoms with van der Waals surface area (Å²) in [5, 5.41) is 11.1. The lowest BCUT2D eigenvalue weighted by molar-refractivity contribution is -0.119. The van der Waals surface area contributed by atoms with Crippen LogP contribution in [0.2, 0.25) is 0 Å². The zero-order chi connectivity index (χ0) is 14.8. The minimum atomic E-state index is -1.23. The zero-order valence-electron chi connectivity index (χ0n) is 11.0. The van der Waals surface area contributed by atoms with Crippen molar-refractivity contribution in [3.63, 3.8) is 0 Å². The Morgan fingerprint density at radius 1 is 1.37 bits per heavy atom. The van der Waals surface area contributed by atoms with Crippen molar-refractivity contribution in [2.45, 2.75) is 26.8 Å². The molecule has 0 heterocycles. The van der Waals surface area contributed by atoms with Gasteiger partial charge in [-0.05, 0) is 23.6 Å². The van der Waals surface area contributed by atoms with Crippen molar-refractivity contribution >= 4 is 17.6 Å². The predicted molar refractivity (Wildman–Crippen MR) is 69.4 cm³/mol. The summed E-state index contributed by atoms with van der Waals surface area (Å²) in [5.74, 6) is -2.56. The van der Waals surface area contributed by atoms with Gasteiger partial charge in [0.1, 0.15) is 5.82 Å². The Labute approximate surface area is 110 Å². The Balaban J connectivity index is 2.89. The lowest BCUT2D eigenvalue weighted by Gasteiger charge is -2.25. The molecule has 1 unspecified atom stereocenters. The molecular weight excluding hydrogens is 251 g/mol. The molecule has 0 bridgehead atoms. The van der Waals surface area contributed by atoms with Gasteiger partial charge in [0, 0.05) is 0 Å². The fourth-order valence-electron chi connectivity index (χ4n) is 1.35. The molecular formula is C13H17FN2O3. The van der Waals surface area contributed by atoms with Gasteiger partial charge in [0.05, 0.1) is 17.3 Å². The van der Waals surface area contributed by atoms with Crippen LogP contribution in [0.5, 0.6) is 0 Å². The zero-order valence-corrected chi connectivity index (χ0v) is 11.0. The third-order valence-electron chi connectivity index (χ3n) is 2.69. The Hall–Kier alpha value is -1.95. The average molecular weight is 268 g/mol. The summed E-state index contributed by atoms with van der Waals surface area (Å²) in [6, 6.07) is 2.46. The van der Waals surface area contributed by atoms with Gasteiger partial charge in [-0.15, -0.1) is 0 Å². The average Bonchev–Trinajstić information content (AvgIpc) is 2.29. The van der Waals surface area contributed by atoms with E-state index in [2.05, 4.69) is 5.32 Å². The van der Waals surface area contributed by atoms with Crippen molar-refractivity contribution in [1.29, 1.82) is 0 Å². The normalized spacial score (nSPS) is 12.9. The summed E-state index contributed by atoms with van der Waals surface area (Å²) >= 11 is 0. The number of halogens is 1. The van der Waals surface area contributed by atoms with Gasteiger partial charge in [0.25, 0.3) is 0 Å². The first-order valence-electron chi connectivity index (χ1n) is 5.72. The van der Waals surface area contributed by atoms with Crippen molar-refractivity contribution in [2.24, 2.45) is 11.1 Å². The molecule has 1 amide bonds. The number of carboxylic acids is 1. The first-order chi connectivity index (χ1) is 8.62. The van der Waals surface area contributed by atoms with Crippen LogP contribution in [0.25, 0.3) is 0 Å². The van der Waals surface area contributed by atoms with Crippen molar-refractivity contribution in [3.05, 3.63) is 29.6 Å². The highest BCUT2D eigenvalue weighted by atomic mass is 19.1. The van der Waals surface area contributed by atoms with Gasteiger partial charge in [-0.3, -0.25) is 4.79 Å².